The fraction of sp³-hybridized carbons (Fsp3) is 0.667. The lowest BCUT2D eigenvalue weighted by molar-refractivity contribution is -0.0383. The number of methoxy groups -OCH3 is 1. The molecule has 1 aromatic heterocycles. The van der Waals surface area contributed by atoms with Crippen LogP contribution in [-0.4, -0.2) is 23.7 Å². The molecule has 19 heavy (non-hydrogen) atoms. The second kappa shape index (κ2) is 5.99. The smallest absolute Gasteiger partial charge is 0.0820 e. The number of nitrogens with one attached hydrogen (secondary N) is 1. The van der Waals surface area contributed by atoms with Gasteiger partial charge in [-0.2, -0.15) is 0 Å². The van der Waals surface area contributed by atoms with E-state index >= 15 is 0 Å². The number of ether oxygens (including phenoxy) is 1. The van der Waals surface area contributed by atoms with Gasteiger partial charge in [-0.3, -0.25) is 16.3 Å². The van der Waals surface area contributed by atoms with Gasteiger partial charge in [0.25, 0.3) is 0 Å². The molecule has 4 heteroatoms. The highest BCUT2D eigenvalue weighted by Crippen LogP contribution is 2.37. The maximum absolute atomic E-state index is 5.84. The summed E-state index contributed by atoms with van der Waals surface area (Å²) in [6.45, 7) is 4.25. The van der Waals surface area contributed by atoms with Crippen LogP contribution >= 0.6 is 0 Å². The summed E-state index contributed by atoms with van der Waals surface area (Å²) < 4.78 is 5.74. The van der Waals surface area contributed by atoms with Crippen molar-refractivity contribution in [3.8, 4) is 0 Å². The number of hydrogen-bond acceptors (Lipinski definition) is 4. The highest BCUT2D eigenvalue weighted by molar-refractivity contribution is 5.28. The van der Waals surface area contributed by atoms with Gasteiger partial charge >= 0.3 is 0 Å². The second-order valence-electron chi connectivity index (χ2n) is 5.56. The van der Waals surface area contributed by atoms with Crippen molar-refractivity contribution >= 4 is 0 Å². The van der Waals surface area contributed by atoms with E-state index in [9.17, 15) is 0 Å². The molecule has 0 saturated carbocycles. The van der Waals surface area contributed by atoms with Crippen LogP contribution in [-0.2, 0) is 11.2 Å². The molecule has 0 aromatic carbocycles. The van der Waals surface area contributed by atoms with E-state index in [1.807, 2.05) is 12.3 Å². The molecule has 0 spiro atoms. The molecule has 3 unspecified atom stereocenters. The molecular formula is C15H25N3O. The predicted octanol–water partition coefficient (Wildman–Crippen LogP) is 2.15. The molecule has 1 aliphatic rings. The monoisotopic (exact) mass is 263 g/mol. The highest BCUT2D eigenvalue weighted by atomic mass is 16.5. The molecule has 3 N–H and O–H groups in total. The minimum absolute atomic E-state index is 0.0800. The van der Waals surface area contributed by atoms with Gasteiger partial charge in [0.05, 0.1) is 11.6 Å². The second-order valence-corrected chi connectivity index (χ2v) is 5.56. The lowest BCUT2D eigenvalue weighted by atomic mass is 9.75. The van der Waals surface area contributed by atoms with E-state index in [4.69, 9.17) is 10.6 Å². The van der Waals surface area contributed by atoms with Crippen LogP contribution in [0.2, 0.25) is 0 Å². The Morgan fingerprint density at radius 1 is 1.63 bits per heavy atom. The van der Waals surface area contributed by atoms with E-state index in [0.29, 0.717) is 5.92 Å². The molecule has 0 aliphatic heterocycles. The van der Waals surface area contributed by atoms with Crippen LogP contribution in [0.15, 0.2) is 18.3 Å². The first-order valence-electron chi connectivity index (χ1n) is 7.11. The third kappa shape index (κ3) is 2.66. The Bertz CT molecular complexity index is 418. The predicted molar refractivity (Wildman–Crippen MR) is 76.7 cm³/mol. The normalized spacial score (nSPS) is 23.5. The minimum Gasteiger partial charge on any atom is -0.377 e. The molecule has 0 fully saturated rings. The third-order valence-corrected chi connectivity index (χ3v) is 4.65. The zero-order chi connectivity index (χ0) is 13.9. The highest BCUT2D eigenvalue weighted by Gasteiger charge is 2.40. The summed E-state index contributed by atoms with van der Waals surface area (Å²) >= 11 is 0. The number of hydrazine groups is 1. The Balaban J connectivity index is 2.35. The van der Waals surface area contributed by atoms with Crippen molar-refractivity contribution < 1.29 is 4.74 Å². The molecule has 0 bridgehead atoms. The van der Waals surface area contributed by atoms with Crippen molar-refractivity contribution in [1.29, 1.82) is 0 Å². The Morgan fingerprint density at radius 3 is 3.05 bits per heavy atom. The number of pyridine rings is 1. The number of nitrogens with two attached hydrogens (primary N) is 1. The fourth-order valence-corrected chi connectivity index (χ4v) is 3.18. The zero-order valence-corrected chi connectivity index (χ0v) is 12.1. The SMILES string of the molecule is CCC(C)(OC)C(NN)C1CCCc2cccnc21. The maximum Gasteiger partial charge on any atom is 0.0820 e. The van der Waals surface area contributed by atoms with Crippen molar-refractivity contribution in [3.63, 3.8) is 0 Å². The van der Waals surface area contributed by atoms with Gasteiger partial charge in [-0.05, 0) is 44.2 Å². The number of aromatic nitrogens is 1. The molecule has 0 saturated heterocycles. The summed E-state index contributed by atoms with van der Waals surface area (Å²) in [5.74, 6) is 6.16. The Kier molecular flexibility index (Phi) is 4.55. The summed E-state index contributed by atoms with van der Waals surface area (Å²) in [5.41, 5.74) is 5.26. The van der Waals surface area contributed by atoms with Crippen molar-refractivity contribution in [2.45, 2.75) is 57.1 Å². The first-order chi connectivity index (χ1) is 9.16. The van der Waals surface area contributed by atoms with Crippen LogP contribution in [0.1, 0.15) is 50.3 Å². The van der Waals surface area contributed by atoms with E-state index in [2.05, 4.69) is 30.3 Å². The van der Waals surface area contributed by atoms with Crippen LogP contribution in [0, 0.1) is 0 Å². The van der Waals surface area contributed by atoms with Gasteiger partial charge in [0.1, 0.15) is 0 Å². The van der Waals surface area contributed by atoms with E-state index in [-0.39, 0.29) is 11.6 Å². The summed E-state index contributed by atoms with van der Waals surface area (Å²) in [7, 11) is 1.76. The molecule has 4 nitrogen and oxygen atoms in total. The molecule has 0 radical (unpaired) electrons. The summed E-state index contributed by atoms with van der Waals surface area (Å²) in [4.78, 5) is 4.60. The van der Waals surface area contributed by atoms with Gasteiger partial charge in [0.15, 0.2) is 0 Å². The lowest BCUT2D eigenvalue weighted by Gasteiger charge is -2.41. The number of aryl methyl sites for hydroxylation is 1. The Hall–Kier alpha value is -0.970. The number of rotatable bonds is 5. The van der Waals surface area contributed by atoms with Crippen molar-refractivity contribution in [3.05, 3.63) is 29.6 Å². The molecule has 106 valence electrons. The van der Waals surface area contributed by atoms with E-state index in [1.165, 1.54) is 17.7 Å². The summed E-state index contributed by atoms with van der Waals surface area (Å²) in [6.07, 6.45) is 6.20. The number of fused-ring (bicyclic) bond motifs is 1. The van der Waals surface area contributed by atoms with Crippen LogP contribution in [0.25, 0.3) is 0 Å². The maximum atomic E-state index is 5.84. The third-order valence-electron chi connectivity index (χ3n) is 4.65. The topological polar surface area (TPSA) is 60.2 Å². The molecule has 1 heterocycles. The van der Waals surface area contributed by atoms with Crippen molar-refractivity contribution in [1.82, 2.24) is 10.4 Å². The largest absolute Gasteiger partial charge is 0.377 e. The number of nitrogens with zero attached hydrogens (tertiary/aromatic N) is 1. The molecule has 0 amide bonds. The molecule has 1 aliphatic carbocycles. The molecule has 2 rings (SSSR count). The summed E-state index contributed by atoms with van der Waals surface area (Å²) in [6, 6.07) is 4.27. The van der Waals surface area contributed by atoms with Gasteiger partial charge in [-0.1, -0.05) is 13.0 Å². The standard InChI is InChI=1S/C15H25N3O/c1-4-15(2,19-3)14(18-16)12-9-5-7-11-8-6-10-17-13(11)12/h6,8,10,12,14,18H,4-5,7,9,16H2,1-3H3. The molecular weight excluding hydrogens is 238 g/mol. The first kappa shape index (κ1) is 14.4. The van der Waals surface area contributed by atoms with Crippen LogP contribution < -0.4 is 11.3 Å². The van der Waals surface area contributed by atoms with Crippen LogP contribution in [0.4, 0.5) is 0 Å². The number of hydrogen-bond donors (Lipinski definition) is 2. The minimum atomic E-state index is -0.272. The van der Waals surface area contributed by atoms with E-state index in [0.717, 1.165) is 19.3 Å². The first-order valence-corrected chi connectivity index (χ1v) is 7.11. The molecule has 3 atom stereocenters. The lowest BCUT2D eigenvalue weighted by Crippen LogP contribution is -2.56. The van der Waals surface area contributed by atoms with Gasteiger partial charge in [-0.25, -0.2) is 0 Å². The zero-order valence-electron chi connectivity index (χ0n) is 12.1. The average molecular weight is 263 g/mol. The quantitative estimate of drug-likeness (QED) is 0.631. The van der Waals surface area contributed by atoms with Gasteiger partial charge in [0.2, 0.25) is 0 Å². The van der Waals surface area contributed by atoms with Crippen molar-refractivity contribution in [2.75, 3.05) is 7.11 Å². The Labute approximate surface area is 115 Å². The Morgan fingerprint density at radius 2 is 2.42 bits per heavy atom. The fourth-order valence-electron chi connectivity index (χ4n) is 3.18. The van der Waals surface area contributed by atoms with Crippen molar-refractivity contribution in [2.24, 2.45) is 5.84 Å². The van der Waals surface area contributed by atoms with E-state index in [1.54, 1.807) is 7.11 Å². The van der Waals surface area contributed by atoms with Gasteiger partial charge in [-0.15, -0.1) is 0 Å². The van der Waals surface area contributed by atoms with E-state index < -0.39 is 0 Å². The average Bonchev–Trinajstić information content (AvgIpc) is 2.48. The van der Waals surface area contributed by atoms with Gasteiger partial charge < -0.3 is 4.74 Å². The molecule has 1 aromatic rings. The van der Waals surface area contributed by atoms with Gasteiger partial charge in [0, 0.05) is 24.9 Å². The van der Waals surface area contributed by atoms with Crippen LogP contribution in [0.5, 0.6) is 0 Å². The summed E-state index contributed by atoms with van der Waals surface area (Å²) in [5, 5.41) is 0. The van der Waals surface area contributed by atoms with Crippen LogP contribution in [0.3, 0.4) is 0 Å².